The quantitative estimate of drug-likeness (QED) is 0.808. The second kappa shape index (κ2) is 7.37. The maximum Gasteiger partial charge on any atom is 0.408 e. The van der Waals surface area contributed by atoms with Gasteiger partial charge in [-0.2, -0.15) is 13.2 Å². The van der Waals surface area contributed by atoms with Gasteiger partial charge in [0.05, 0.1) is 0 Å². The predicted molar refractivity (Wildman–Crippen MR) is 87.4 cm³/mol. The zero-order chi connectivity index (χ0) is 18.8. The van der Waals surface area contributed by atoms with Crippen molar-refractivity contribution in [3.8, 4) is 0 Å². The van der Waals surface area contributed by atoms with Gasteiger partial charge in [0.25, 0.3) is 0 Å². The van der Waals surface area contributed by atoms with E-state index in [1.54, 1.807) is 20.8 Å². The standard InChI is InChI=1S/C16H21ClF3N3O2/c1-15(2,3)25-14(24)22-11-6-7-23(9-11)13(16(18,19)20)10-4-5-12(17)21-8-10/h4-5,8,11,13H,6-7,9H2,1-3H3,(H,22,24). The van der Waals surface area contributed by atoms with Crippen molar-refractivity contribution in [3.63, 3.8) is 0 Å². The van der Waals surface area contributed by atoms with Gasteiger partial charge in [-0.15, -0.1) is 0 Å². The molecule has 25 heavy (non-hydrogen) atoms. The van der Waals surface area contributed by atoms with E-state index in [0.717, 1.165) is 6.20 Å². The van der Waals surface area contributed by atoms with Crippen LogP contribution in [0.25, 0.3) is 0 Å². The van der Waals surface area contributed by atoms with E-state index in [9.17, 15) is 18.0 Å². The highest BCUT2D eigenvalue weighted by Gasteiger charge is 2.47. The first-order valence-corrected chi connectivity index (χ1v) is 8.25. The molecular formula is C16H21ClF3N3O2. The first-order valence-electron chi connectivity index (χ1n) is 7.87. The molecule has 2 atom stereocenters. The van der Waals surface area contributed by atoms with Crippen molar-refractivity contribution >= 4 is 17.7 Å². The molecule has 0 aliphatic carbocycles. The van der Waals surface area contributed by atoms with E-state index in [0.29, 0.717) is 6.42 Å². The molecule has 2 rings (SSSR count). The van der Waals surface area contributed by atoms with Crippen LogP contribution < -0.4 is 5.32 Å². The van der Waals surface area contributed by atoms with Crippen LogP contribution in [-0.4, -0.2) is 46.9 Å². The third-order valence-corrected chi connectivity index (χ3v) is 3.91. The molecule has 0 spiro atoms. The molecule has 2 heterocycles. The number of carbonyl (C=O) groups excluding carboxylic acids is 1. The number of hydrogen-bond donors (Lipinski definition) is 1. The molecule has 0 radical (unpaired) electrons. The lowest BCUT2D eigenvalue weighted by Gasteiger charge is -2.30. The van der Waals surface area contributed by atoms with Gasteiger partial charge >= 0.3 is 12.3 Å². The molecule has 0 bridgehead atoms. The van der Waals surface area contributed by atoms with Gasteiger partial charge in [0, 0.05) is 25.3 Å². The minimum atomic E-state index is -4.46. The summed E-state index contributed by atoms with van der Waals surface area (Å²) in [5, 5.41) is 2.76. The lowest BCUT2D eigenvalue weighted by Crippen LogP contribution is -2.42. The van der Waals surface area contributed by atoms with Crippen LogP contribution in [0.5, 0.6) is 0 Å². The van der Waals surface area contributed by atoms with Crippen LogP contribution in [-0.2, 0) is 4.74 Å². The number of hydrogen-bond acceptors (Lipinski definition) is 4. The molecule has 5 nitrogen and oxygen atoms in total. The minimum absolute atomic E-state index is 0.0230. The number of nitrogens with zero attached hydrogens (tertiary/aromatic N) is 2. The molecular weight excluding hydrogens is 359 g/mol. The van der Waals surface area contributed by atoms with Crippen molar-refractivity contribution in [1.29, 1.82) is 0 Å². The third-order valence-electron chi connectivity index (χ3n) is 3.68. The number of carbonyl (C=O) groups is 1. The Morgan fingerprint density at radius 1 is 1.40 bits per heavy atom. The molecule has 1 aromatic rings. The van der Waals surface area contributed by atoms with Gasteiger partial charge in [0.15, 0.2) is 0 Å². The van der Waals surface area contributed by atoms with Crippen molar-refractivity contribution < 1.29 is 22.7 Å². The van der Waals surface area contributed by atoms with Crippen molar-refractivity contribution in [2.45, 2.75) is 51.1 Å². The molecule has 0 saturated carbocycles. The Hall–Kier alpha value is -1.54. The molecule has 1 saturated heterocycles. The number of likely N-dealkylation sites (tertiary alicyclic amines) is 1. The number of ether oxygens (including phenoxy) is 1. The van der Waals surface area contributed by atoms with E-state index < -0.39 is 30.0 Å². The van der Waals surface area contributed by atoms with Crippen LogP contribution in [0.4, 0.5) is 18.0 Å². The largest absolute Gasteiger partial charge is 0.444 e. The summed E-state index contributed by atoms with van der Waals surface area (Å²) >= 11 is 5.66. The highest BCUT2D eigenvalue weighted by Crippen LogP contribution is 2.39. The Bertz CT molecular complexity index is 602. The average Bonchev–Trinajstić information content (AvgIpc) is 2.85. The summed E-state index contributed by atoms with van der Waals surface area (Å²) in [6.45, 7) is 5.45. The number of aromatic nitrogens is 1. The van der Waals surface area contributed by atoms with Gasteiger partial charge in [0.1, 0.15) is 16.8 Å². The van der Waals surface area contributed by atoms with Gasteiger partial charge in [-0.1, -0.05) is 17.7 Å². The minimum Gasteiger partial charge on any atom is -0.444 e. The maximum atomic E-state index is 13.6. The number of alkyl halides is 3. The Morgan fingerprint density at radius 3 is 2.60 bits per heavy atom. The SMILES string of the molecule is CC(C)(C)OC(=O)NC1CCN(C(c2ccc(Cl)nc2)C(F)(F)F)C1. The molecule has 140 valence electrons. The first-order chi connectivity index (χ1) is 11.5. The zero-order valence-electron chi connectivity index (χ0n) is 14.2. The molecule has 1 aliphatic heterocycles. The van der Waals surface area contributed by atoms with Gasteiger partial charge in [0.2, 0.25) is 0 Å². The van der Waals surface area contributed by atoms with Gasteiger partial charge in [-0.05, 0) is 38.8 Å². The first kappa shape index (κ1) is 19.8. The lowest BCUT2D eigenvalue weighted by molar-refractivity contribution is -0.183. The second-order valence-electron chi connectivity index (χ2n) is 6.99. The molecule has 1 aromatic heterocycles. The van der Waals surface area contributed by atoms with Crippen LogP contribution in [0.2, 0.25) is 5.15 Å². The topological polar surface area (TPSA) is 54.5 Å². The van der Waals surface area contributed by atoms with Crippen molar-refractivity contribution in [2.24, 2.45) is 0 Å². The fourth-order valence-corrected chi connectivity index (χ4v) is 2.88. The van der Waals surface area contributed by atoms with Crippen LogP contribution in [0, 0.1) is 0 Å². The van der Waals surface area contributed by atoms with Crippen molar-refractivity contribution in [1.82, 2.24) is 15.2 Å². The van der Waals surface area contributed by atoms with Gasteiger partial charge < -0.3 is 10.1 Å². The Labute approximate surface area is 149 Å². The summed E-state index contributed by atoms with van der Waals surface area (Å²) in [4.78, 5) is 16.8. The Morgan fingerprint density at radius 2 is 2.08 bits per heavy atom. The van der Waals surface area contributed by atoms with Crippen LogP contribution in [0.15, 0.2) is 18.3 Å². The number of pyridine rings is 1. The van der Waals surface area contributed by atoms with Crippen LogP contribution >= 0.6 is 11.6 Å². The Kier molecular flexibility index (Phi) is 5.83. The number of halogens is 4. The van der Waals surface area contributed by atoms with E-state index in [-0.39, 0.29) is 23.8 Å². The van der Waals surface area contributed by atoms with E-state index >= 15 is 0 Å². The summed E-state index contributed by atoms with van der Waals surface area (Å²) in [6.07, 6.45) is -3.55. The van der Waals surface area contributed by atoms with Gasteiger partial charge in [-0.3, -0.25) is 4.90 Å². The maximum absolute atomic E-state index is 13.6. The predicted octanol–water partition coefficient (Wildman–Crippen LogP) is 3.94. The number of rotatable bonds is 3. The van der Waals surface area contributed by atoms with Crippen molar-refractivity contribution in [2.75, 3.05) is 13.1 Å². The molecule has 1 aliphatic rings. The zero-order valence-corrected chi connectivity index (χ0v) is 15.0. The van der Waals surface area contributed by atoms with E-state index in [1.807, 2.05) is 0 Å². The second-order valence-corrected chi connectivity index (χ2v) is 7.37. The fraction of sp³-hybridized carbons (Fsp3) is 0.625. The third kappa shape index (κ3) is 5.74. The smallest absolute Gasteiger partial charge is 0.408 e. The Balaban J connectivity index is 2.06. The van der Waals surface area contributed by atoms with Crippen molar-refractivity contribution in [3.05, 3.63) is 29.0 Å². The number of alkyl carbamates (subject to hydrolysis) is 1. The van der Waals surface area contributed by atoms with E-state index in [2.05, 4.69) is 10.3 Å². The number of amides is 1. The lowest BCUT2D eigenvalue weighted by atomic mass is 10.1. The van der Waals surface area contributed by atoms with E-state index in [4.69, 9.17) is 16.3 Å². The summed E-state index contributed by atoms with van der Waals surface area (Å²) in [5.74, 6) is 0. The summed E-state index contributed by atoms with van der Waals surface area (Å²) in [5.41, 5.74) is -0.638. The molecule has 1 fully saturated rings. The molecule has 0 aromatic carbocycles. The van der Waals surface area contributed by atoms with Crippen LogP contribution in [0.3, 0.4) is 0 Å². The molecule has 2 unspecified atom stereocenters. The highest BCUT2D eigenvalue weighted by molar-refractivity contribution is 6.29. The molecule has 1 amide bonds. The molecule has 1 N–H and O–H groups in total. The number of nitrogens with one attached hydrogen (secondary N) is 1. The highest BCUT2D eigenvalue weighted by atomic mass is 35.5. The summed E-state index contributed by atoms with van der Waals surface area (Å²) in [6, 6.07) is 0.465. The van der Waals surface area contributed by atoms with E-state index in [1.165, 1.54) is 17.0 Å². The molecule has 9 heteroatoms. The van der Waals surface area contributed by atoms with Gasteiger partial charge in [-0.25, -0.2) is 9.78 Å². The average molecular weight is 380 g/mol. The summed E-state index contributed by atoms with van der Waals surface area (Å²) in [7, 11) is 0. The normalized spacial score (nSPS) is 20.4. The monoisotopic (exact) mass is 379 g/mol. The fourth-order valence-electron chi connectivity index (χ4n) is 2.77. The summed E-state index contributed by atoms with van der Waals surface area (Å²) < 4.78 is 45.8. The van der Waals surface area contributed by atoms with Crippen LogP contribution in [0.1, 0.15) is 38.8 Å².